The zero-order valence-corrected chi connectivity index (χ0v) is 17.0. The topological polar surface area (TPSA) is 70.0 Å². The third kappa shape index (κ3) is 3.09. The number of rotatable bonds is 3. The van der Waals surface area contributed by atoms with E-state index in [9.17, 15) is 0 Å². The molecule has 0 spiro atoms. The number of nitrogens with one attached hydrogen (secondary N) is 2. The first-order valence-electron chi connectivity index (χ1n) is 10.1. The van der Waals surface area contributed by atoms with Gasteiger partial charge < -0.3 is 19.7 Å². The first-order valence-corrected chi connectivity index (χ1v) is 10.1. The molecule has 6 heteroatoms. The van der Waals surface area contributed by atoms with Crippen LogP contribution in [0.25, 0.3) is 33.3 Å². The smallest absolute Gasteiger partial charge is 0.141 e. The van der Waals surface area contributed by atoms with Crippen LogP contribution in [0.3, 0.4) is 0 Å². The first-order chi connectivity index (χ1) is 14.1. The standard InChI is InChI=1S/C23H25N5O/c1-14-19-6-4-17(22-15(2)27-29-16(22)3)12-20(19)26-23(14)18-5-7-21(25-13-18)28-10-8-24-9-11-28/h4-7,12-13,24,26H,8-11H2,1-3H3. The molecule has 1 aliphatic heterocycles. The number of nitrogens with zero attached hydrogens (tertiary/aromatic N) is 3. The molecule has 1 aliphatic rings. The average Bonchev–Trinajstić information content (AvgIpc) is 3.27. The number of benzene rings is 1. The molecule has 3 aromatic heterocycles. The molecule has 0 bridgehead atoms. The van der Waals surface area contributed by atoms with Crippen molar-refractivity contribution in [2.75, 3.05) is 31.1 Å². The second kappa shape index (κ2) is 7.04. The second-order valence-corrected chi connectivity index (χ2v) is 7.73. The number of hydrogen-bond donors (Lipinski definition) is 2. The lowest BCUT2D eigenvalue weighted by atomic mass is 10.0. The molecule has 0 atom stereocenters. The summed E-state index contributed by atoms with van der Waals surface area (Å²) in [7, 11) is 0. The van der Waals surface area contributed by atoms with Gasteiger partial charge in [-0.3, -0.25) is 0 Å². The van der Waals surface area contributed by atoms with E-state index in [-0.39, 0.29) is 0 Å². The van der Waals surface area contributed by atoms with Crippen LogP contribution >= 0.6 is 0 Å². The summed E-state index contributed by atoms with van der Waals surface area (Å²) < 4.78 is 5.34. The maximum atomic E-state index is 5.34. The summed E-state index contributed by atoms with van der Waals surface area (Å²) >= 11 is 0. The van der Waals surface area contributed by atoms with Gasteiger partial charge in [0.05, 0.1) is 11.4 Å². The molecule has 29 heavy (non-hydrogen) atoms. The Morgan fingerprint density at radius 1 is 1.00 bits per heavy atom. The Morgan fingerprint density at radius 3 is 2.48 bits per heavy atom. The quantitative estimate of drug-likeness (QED) is 0.551. The molecule has 2 N–H and O–H groups in total. The number of fused-ring (bicyclic) bond motifs is 1. The molecule has 4 aromatic rings. The van der Waals surface area contributed by atoms with Gasteiger partial charge in [-0.2, -0.15) is 0 Å². The van der Waals surface area contributed by atoms with Gasteiger partial charge in [-0.15, -0.1) is 0 Å². The Balaban J connectivity index is 1.51. The van der Waals surface area contributed by atoms with Crippen LogP contribution in [0.2, 0.25) is 0 Å². The molecule has 5 rings (SSSR count). The summed E-state index contributed by atoms with van der Waals surface area (Å²) in [6.45, 7) is 10.1. The summed E-state index contributed by atoms with van der Waals surface area (Å²) in [6, 6.07) is 10.8. The van der Waals surface area contributed by atoms with Gasteiger partial charge in [-0.1, -0.05) is 17.3 Å². The molecule has 0 amide bonds. The van der Waals surface area contributed by atoms with Gasteiger partial charge >= 0.3 is 0 Å². The minimum Gasteiger partial charge on any atom is -0.361 e. The highest BCUT2D eigenvalue weighted by atomic mass is 16.5. The van der Waals surface area contributed by atoms with Crippen LogP contribution in [0.4, 0.5) is 5.82 Å². The Bertz CT molecular complexity index is 1150. The van der Waals surface area contributed by atoms with Crippen molar-refractivity contribution in [3.63, 3.8) is 0 Å². The number of aromatic amines is 1. The molecule has 0 radical (unpaired) electrons. The van der Waals surface area contributed by atoms with Crippen LogP contribution in [0, 0.1) is 20.8 Å². The molecule has 148 valence electrons. The van der Waals surface area contributed by atoms with E-state index in [4.69, 9.17) is 9.51 Å². The molecule has 0 aliphatic carbocycles. The fourth-order valence-corrected chi connectivity index (χ4v) is 4.29. The average molecular weight is 387 g/mol. The van der Waals surface area contributed by atoms with Crippen molar-refractivity contribution in [2.24, 2.45) is 0 Å². The number of aromatic nitrogens is 3. The molecule has 0 saturated carbocycles. The van der Waals surface area contributed by atoms with E-state index in [1.807, 2.05) is 20.0 Å². The van der Waals surface area contributed by atoms with Crippen LogP contribution in [-0.2, 0) is 0 Å². The monoisotopic (exact) mass is 387 g/mol. The van der Waals surface area contributed by atoms with Gasteiger partial charge in [-0.25, -0.2) is 4.98 Å². The van der Waals surface area contributed by atoms with Gasteiger partial charge in [0.2, 0.25) is 0 Å². The van der Waals surface area contributed by atoms with Crippen molar-refractivity contribution in [1.82, 2.24) is 20.4 Å². The summed E-state index contributed by atoms with van der Waals surface area (Å²) in [4.78, 5) is 10.7. The van der Waals surface area contributed by atoms with E-state index >= 15 is 0 Å². The predicted molar refractivity (Wildman–Crippen MR) is 116 cm³/mol. The lowest BCUT2D eigenvalue weighted by molar-refractivity contribution is 0.393. The van der Waals surface area contributed by atoms with Crippen molar-refractivity contribution < 1.29 is 4.52 Å². The number of anilines is 1. The second-order valence-electron chi connectivity index (χ2n) is 7.73. The maximum Gasteiger partial charge on any atom is 0.141 e. The Labute approximate surface area is 169 Å². The minimum absolute atomic E-state index is 0.845. The van der Waals surface area contributed by atoms with Gasteiger partial charge in [0, 0.05) is 54.4 Å². The van der Waals surface area contributed by atoms with Crippen molar-refractivity contribution in [2.45, 2.75) is 20.8 Å². The van der Waals surface area contributed by atoms with Crippen molar-refractivity contribution in [3.05, 3.63) is 53.5 Å². The third-order valence-corrected chi connectivity index (χ3v) is 5.86. The van der Waals surface area contributed by atoms with Crippen molar-refractivity contribution in [1.29, 1.82) is 0 Å². The van der Waals surface area contributed by atoms with Crippen LogP contribution < -0.4 is 10.2 Å². The van der Waals surface area contributed by atoms with Gasteiger partial charge in [0.25, 0.3) is 0 Å². The SMILES string of the molecule is Cc1noc(C)c1-c1ccc2c(C)c(-c3ccc(N4CCNCC4)nc3)[nH]c2c1. The normalized spacial score (nSPS) is 14.7. The number of piperazine rings is 1. The lowest BCUT2D eigenvalue weighted by Gasteiger charge is -2.28. The minimum atomic E-state index is 0.845. The summed E-state index contributed by atoms with van der Waals surface area (Å²) in [5, 5.41) is 8.69. The van der Waals surface area contributed by atoms with Crippen LogP contribution in [0.15, 0.2) is 41.1 Å². The highest BCUT2D eigenvalue weighted by Gasteiger charge is 2.16. The van der Waals surface area contributed by atoms with Crippen LogP contribution in [0.5, 0.6) is 0 Å². The predicted octanol–water partition coefficient (Wildman–Crippen LogP) is 4.22. The highest BCUT2D eigenvalue weighted by molar-refractivity contribution is 5.93. The first kappa shape index (κ1) is 17.9. The van der Waals surface area contributed by atoms with E-state index < -0.39 is 0 Å². The molecule has 1 fully saturated rings. The van der Waals surface area contributed by atoms with Crippen LogP contribution in [0.1, 0.15) is 17.0 Å². The molecule has 0 unspecified atom stereocenters. The summed E-state index contributed by atoms with van der Waals surface area (Å²) in [6.07, 6.45) is 1.98. The fraction of sp³-hybridized carbons (Fsp3) is 0.304. The van der Waals surface area contributed by atoms with Gasteiger partial charge in [-0.05, 0) is 50.1 Å². The Morgan fingerprint density at radius 2 is 1.79 bits per heavy atom. The molecule has 4 heterocycles. The largest absolute Gasteiger partial charge is 0.361 e. The molecule has 6 nitrogen and oxygen atoms in total. The number of H-pyrrole nitrogens is 1. The van der Waals surface area contributed by atoms with E-state index in [1.165, 1.54) is 10.9 Å². The van der Waals surface area contributed by atoms with E-state index in [0.29, 0.717) is 0 Å². The number of pyridine rings is 1. The number of aryl methyl sites for hydroxylation is 3. The zero-order chi connectivity index (χ0) is 20.0. The van der Waals surface area contributed by atoms with Crippen molar-refractivity contribution >= 4 is 16.7 Å². The maximum absolute atomic E-state index is 5.34. The fourth-order valence-electron chi connectivity index (χ4n) is 4.29. The third-order valence-electron chi connectivity index (χ3n) is 5.86. The van der Waals surface area contributed by atoms with Crippen molar-refractivity contribution in [3.8, 4) is 22.4 Å². The molecule has 1 saturated heterocycles. The van der Waals surface area contributed by atoms with Gasteiger partial charge in [0.15, 0.2) is 0 Å². The van der Waals surface area contributed by atoms with E-state index in [2.05, 4.69) is 57.6 Å². The van der Waals surface area contributed by atoms with E-state index in [1.54, 1.807) is 0 Å². The lowest BCUT2D eigenvalue weighted by Crippen LogP contribution is -2.43. The summed E-state index contributed by atoms with van der Waals surface area (Å²) in [5.74, 6) is 1.89. The molecule has 1 aromatic carbocycles. The highest BCUT2D eigenvalue weighted by Crippen LogP contribution is 2.34. The molecular formula is C23H25N5O. The van der Waals surface area contributed by atoms with E-state index in [0.717, 1.165) is 71.4 Å². The zero-order valence-electron chi connectivity index (χ0n) is 17.0. The molecular weight excluding hydrogens is 362 g/mol. The summed E-state index contributed by atoms with van der Waals surface area (Å²) in [5.41, 5.74) is 7.68. The number of hydrogen-bond acceptors (Lipinski definition) is 5. The van der Waals surface area contributed by atoms with Gasteiger partial charge in [0.1, 0.15) is 11.6 Å². The van der Waals surface area contributed by atoms with Crippen LogP contribution in [-0.4, -0.2) is 41.3 Å². The Hall–Kier alpha value is -3.12. The Kier molecular flexibility index (Phi) is 4.36.